The third-order valence-electron chi connectivity index (χ3n) is 6.51. The van der Waals surface area contributed by atoms with Gasteiger partial charge in [0.15, 0.2) is 0 Å². The highest BCUT2D eigenvalue weighted by atomic mass is 32.1. The molecule has 1 amide bonds. The van der Waals surface area contributed by atoms with Crippen LogP contribution >= 0.6 is 11.3 Å². The van der Waals surface area contributed by atoms with Gasteiger partial charge in [0.25, 0.3) is 5.91 Å². The van der Waals surface area contributed by atoms with E-state index in [9.17, 15) is 4.79 Å². The molecule has 0 unspecified atom stereocenters. The molecular weight excluding hydrogens is 406 g/mol. The third-order valence-corrected chi connectivity index (χ3v) is 7.72. The van der Waals surface area contributed by atoms with E-state index in [0.717, 1.165) is 24.4 Å². The van der Waals surface area contributed by atoms with Crippen LogP contribution in [0.1, 0.15) is 40.1 Å². The lowest BCUT2D eigenvalue weighted by Gasteiger charge is -2.36. The van der Waals surface area contributed by atoms with Gasteiger partial charge in [-0.3, -0.25) is 14.7 Å². The minimum Gasteiger partial charge on any atom is -0.378 e. The second-order valence-corrected chi connectivity index (χ2v) is 9.54. The molecule has 5 rings (SSSR count). The van der Waals surface area contributed by atoms with Crippen LogP contribution in [-0.4, -0.2) is 59.6 Å². The molecule has 31 heavy (non-hydrogen) atoms. The Kier molecular flexibility index (Phi) is 6.30. The minimum absolute atomic E-state index is 0.177. The molecule has 2 fully saturated rings. The Labute approximate surface area is 187 Å². The van der Waals surface area contributed by atoms with E-state index in [-0.39, 0.29) is 5.91 Å². The highest BCUT2D eigenvalue weighted by Gasteiger charge is 2.29. The first-order chi connectivity index (χ1) is 15.3. The lowest BCUT2D eigenvalue weighted by atomic mass is 9.93. The van der Waals surface area contributed by atoms with Gasteiger partial charge in [-0.25, -0.2) is 0 Å². The number of piperidine rings is 1. The summed E-state index contributed by atoms with van der Waals surface area (Å²) >= 11 is 1.66. The molecule has 2 saturated heterocycles. The molecule has 4 heterocycles. The van der Waals surface area contributed by atoms with E-state index in [2.05, 4.69) is 46.3 Å². The molecule has 1 atom stereocenters. The zero-order chi connectivity index (χ0) is 21.0. The van der Waals surface area contributed by atoms with Gasteiger partial charge < -0.3 is 9.64 Å². The van der Waals surface area contributed by atoms with Crippen molar-refractivity contribution in [2.45, 2.75) is 38.3 Å². The van der Waals surface area contributed by atoms with E-state index in [4.69, 9.17) is 4.74 Å². The van der Waals surface area contributed by atoms with Crippen molar-refractivity contribution in [3.63, 3.8) is 0 Å². The van der Waals surface area contributed by atoms with Gasteiger partial charge in [0, 0.05) is 42.8 Å². The zero-order valence-corrected chi connectivity index (χ0v) is 18.7. The maximum absolute atomic E-state index is 13.5. The van der Waals surface area contributed by atoms with Crippen molar-refractivity contribution < 1.29 is 9.53 Å². The van der Waals surface area contributed by atoms with Crippen molar-refractivity contribution in [2.24, 2.45) is 0 Å². The summed E-state index contributed by atoms with van der Waals surface area (Å²) in [7, 11) is 0. The first-order valence-corrected chi connectivity index (χ1v) is 12.1. The lowest BCUT2D eigenvalue weighted by Crippen LogP contribution is -2.42. The molecular formula is C25H29N3O2S. The first kappa shape index (κ1) is 20.6. The van der Waals surface area contributed by atoms with Crippen LogP contribution in [0, 0.1) is 0 Å². The van der Waals surface area contributed by atoms with Crippen LogP contribution in [-0.2, 0) is 17.7 Å². The molecule has 0 N–H and O–H groups in total. The highest BCUT2D eigenvalue weighted by Crippen LogP contribution is 2.35. The number of amides is 1. The van der Waals surface area contributed by atoms with Crippen molar-refractivity contribution in [1.82, 2.24) is 14.8 Å². The maximum Gasteiger partial charge on any atom is 0.264 e. The Morgan fingerprint density at radius 1 is 1.06 bits per heavy atom. The molecule has 5 nitrogen and oxygen atoms in total. The molecule has 2 aliphatic rings. The largest absolute Gasteiger partial charge is 0.378 e. The Balaban J connectivity index is 1.44. The summed E-state index contributed by atoms with van der Waals surface area (Å²) in [6.45, 7) is 4.70. The Morgan fingerprint density at radius 2 is 1.87 bits per heavy atom. The van der Waals surface area contributed by atoms with E-state index < -0.39 is 0 Å². The first-order valence-electron chi connectivity index (χ1n) is 11.3. The van der Waals surface area contributed by atoms with Gasteiger partial charge in [0.1, 0.15) is 0 Å². The number of rotatable bonds is 5. The number of morpholine rings is 1. The number of likely N-dealkylation sites (tertiary alicyclic amines) is 1. The fourth-order valence-electron chi connectivity index (χ4n) is 4.84. The van der Waals surface area contributed by atoms with E-state index in [1.165, 1.54) is 40.5 Å². The number of carbonyl (C=O) groups is 1. The molecule has 0 saturated carbocycles. The summed E-state index contributed by atoms with van der Waals surface area (Å²) in [5.74, 6) is 0.177. The molecule has 3 aromatic rings. The molecule has 0 spiro atoms. The lowest BCUT2D eigenvalue weighted by molar-refractivity contribution is 0.0305. The SMILES string of the molecule is O=C(c1sc2ccccc2c1C[C@H]1CCCCN1Cc1ccncc1)N1CCOCC1. The van der Waals surface area contributed by atoms with Gasteiger partial charge in [-0.15, -0.1) is 11.3 Å². The van der Waals surface area contributed by atoms with Crippen LogP contribution < -0.4 is 0 Å². The topological polar surface area (TPSA) is 45.7 Å². The van der Waals surface area contributed by atoms with E-state index in [0.29, 0.717) is 32.3 Å². The number of hydrogen-bond acceptors (Lipinski definition) is 5. The fraction of sp³-hybridized carbons (Fsp3) is 0.440. The van der Waals surface area contributed by atoms with Crippen LogP contribution in [0.3, 0.4) is 0 Å². The number of ether oxygens (including phenoxy) is 1. The van der Waals surface area contributed by atoms with Crippen LogP contribution in [0.2, 0.25) is 0 Å². The van der Waals surface area contributed by atoms with Crippen molar-refractivity contribution in [2.75, 3.05) is 32.8 Å². The number of thiophene rings is 1. The summed E-state index contributed by atoms with van der Waals surface area (Å²) in [5, 5.41) is 1.25. The zero-order valence-electron chi connectivity index (χ0n) is 17.8. The molecule has 0 aliphatic carbocycles. The molecule has 0 radical (unpaired) electrons. The van der Waals surface area contributed by atoms with E-state index in [1.807, 2.05) is 17.3 Å². The second kappa shape index (κ2) is 9.47. The van der Waals surface area contributed by atoms with Crippen LogP contribution in [0.15, 0.2) is 48.8 Å². The number of pyridine rings is 1. The molecule has 2 aliphatic heterocycles. The van der Waals surface area contributed by atoms with Gasteiger partial charge in [0.05, 0.1) is 18.1 Å². The van der Waals surface area contributed by atoms with Gasteiger partial charge in [0.2, 0.25) is 0 Å². The number of fused-ring (bicyclic) bond motifs is 1. The molecule has 2 aromatic heterocycles. The Hall–Kier alpha value is -2.28. The summed E-state index contributed by atoms with van der Waals surface area (Å²) in [6, 6.07) is 13.2. The predicted molar refractivity (Wildman–Crippen MR) is 125 cm³/mol. The number of benzene rings is 1. The average molecular weight is 436 g/mol. The number of nitrogens with zero attached hydrogens (tertiary/aromatic N) is 3. The van der Waals surface area contributed by atoms with Crippen molar-refractivity contribution in [3.8, 4) is 0 Å². The van der Waals surface area contributed by atoms with Crippen LogP contribution in [0.25, 0.3) is 10.1 Å². The van der Waals surface area contributed by atoms with E-state index >= 15 is 0 Å². The maximum atomic E-state index is 13.5. The quantitative estimate of drug-likeness (QED) is 0.597. The van der Waals surface area contributed by atoms with Crippen LogP contribution in [0.4, 0.5) is 0 Å². The van der Waals surface area contributed by atoms with Crippen LogP contribution in [0.5, 0.6) is 0 Å². The number of aromatic nitrogens is 1. The predicted octanol–water partition coefficient (Wildman–Crippen LogP) is 4.37. The van der Waals surface area contributed by atoms with Crippen molar-refractivity contribution in [1.29, 1.82) is 0 Å². The highest BCUT2D eigenvalue weighted by molar-refractivity contribution is 7.21. The standard InChI is InChI=1S/C25H29N3O2S/c29-25(27-13-15-30-16-14-27)24-22(21-6-1-2-7-23(21)31-24)17-20-5-3-4-12-28(20)18-19-8-10-26-11-9-19/h1-2,6-11,20H,3-5,12-18H2/t20-/m1/s1. The van der Waals surface area contributed by atoms with Gasteiger partial charge in [-0.2, -0.15) is 0 Å². The van der Waals surface area contributed by atoms with Crippen molar-refractivity contribution >= 4 is 27.3 Å². The minimum atomic E-state index is 0.177. The van der Waals surface area contributed by atoms with Gasteiger partial charge in [-0.1, -0.05) is 24.6 Å². The second-order valence-electron chi connectivity index (χ2n) is 8.49. The number of carbonyl (C=O) groups excluding carboxylic acids is 1. The Morgan fingerprint density at radius 3 is 2.71 bits per heavy atom. The average Bonchev–Trinajstić information content (AvgIpc) is 3.19. The summed E-state index contributed by atoms with van der Waals surface area (Å²) < 4.78 is 6.68. The van der Waals surface area contributed by atoms with Gasteiger partial charge in [-0.05, 0) is 60.5 Å². The molecule has 0 bridgehead atoms. The smallest absolute Gasteiger partial charge is 0.264 e. The van der Waals surface area contributed by atoms with Crippen molar-refractivity contribution in [3.05, 3.63) is 64.8 Å². The summed E-state index contributed by atoms with van der Waals surface area (Å²) in [6.07, 6.45) is 8.36. The van der Waals surface area contributed by atoms with Gasteiger partial charge >= 0.3 is 0 Å². The molecule has 162 valence electrons. The summed E-state index contributed by atoms with van der Waals surface area (Å²) in [4.78, 5) is 23.1. The van der Waals surface area contributed by atoms with E-state index in [1.54, 1.807) is 11.3 Å². The summed E-state index contributed by atoms with van der Waals surface area (Å²) in [5.41, 5.74) is 2.55. The Bertz CT molecular complexity index is 1030. The number of hydrogen-bond donors (Lipinski definition) is 0. The monoisotopic (exact) mass is 435 g/mol. The molecule has 6 heteroatoms. The third kappa shape index (κ3) is 4.52. The molecule has 1 aromatic carbocycles. The normalized spacial score (nSPS) is 20.3. The fourth-order valence-corrected chi connectivity index (χ4v) is 6.04.